The monoisotopic (exact) mass is 481 g/mol. The van der Waals surface area contributed by atoms with Crippen LogP contribution >= 0.6 is 11.3 Å². The number of carbonyl (C=O) groups is 2. The van der Waals surface area contributed by atoms with Gasteiger partial charge in [0.2, 0.25) is 0 Å². The van der Waals surface area contributed by atoms with Gasteiger partial charge in [0.15, 0.2) is 12.3 Å². The molecular weight excluding hydrogens is 461 g/mol. The van der Waals surface area contributed by atoms with E-state index in [1.54, 1.807) is 25.1 Å². The number of esters is 1. The zero-order valence-electron chi connectivity index (χ0n) is 18.3. The van der Waals surface area contributed by atoms with E-state index in [9.17, 15) is 18.8 Å². The number of hydrogen-bond donors (Lipinski definition) is 1. The Labute approximate surface area is 197 Å². The lowest BCUT2D eigenvalue weighted by Crippen LogP contribution is -2.27. The average Bonchev–Trinajstić information content (AvgIpc) is 3.23. The molecule has 174 valence electrons. The third-order valence-electron chi connectivity index (χ3n) is 4.91. The predicted octanol–water partition coefficient (Wildman–Crippen LogP) is 4.09. The normalized spacial score (nSPS) is 10.8. The van der Waals surface area contributed by atoms with Gasteiger partial charge in [0.25, 0.3) is 11.5 Å². The number of thiophene rings is 1. The molecule has 34 heavy (non-hydrogen) atoms. The molecule has 0 fully saturated rings. The first-order valence-corrected chi connectivity index (χ1v) is 11.2. The summed E-state index contributed by atoms with van der Waals surface area (Å²) in [5, 5.41) is 8.69. The molecule has 0 radical (unpaired) electrons. The molecule has 1 N–H and O–H groups in total. The summed E-state index contributed by atoms with van der Waals surface area (Å²) >= 11 is 1.05. The number of fused-ring (bicyclic) bond motifs is 1. The van der Waals surface area contributed by atoms with Gasteiger partial charge in [0, 0.05) is 10.8 Å². The molecule has 4 rings (SSSR count). The lowest BCUT2D eigenvalue weighted by atomic mass is 10.2. The zero-order chi connectivity index (χ0) is 24.2. The van der Waals surface area contributed by atoms with Gasteiger partial charge in [-0.2, -0.15) is 9.78 Å². The largest absolute Gasteiger partial charge is 0.483 e. The van der Waals surface area contributed by atoms with E-state index in [1.165, 1.54) is 23.6 Å². The number of nitrogens with zero attached hydrogens (tertiary/aromatic N) is 2. The van der Waals surface area contributed by atoms with Crippen LogP contribution in [0.1, 0.15) is 23.0 Å². The van der Waals surface area contributed by atoms with Crippen molar-refractivity contribution in [2.24, 2.45) is 0 Å². The Morgan fingerprint density at radius 1 is 1.15 bits per heavy atom. The Hall–Kier alpha value is -4.05. The van der Waals surface area contributed by atoms with E-state index in [1.807, 2.05) is 19.1 Å². The summed E-state index contributed by atoms with van der Waals surface area (Å²) in [6.07, 6.45) is 0. The Morgan fingerprint density at radius 2 is 1.88 bits per heavy atom. The SMILES string of the molecule is CCOC(=O)c1nn(-c2ccccc2F)c(=O)c2c(NC(=O)COc3ccccc3C)scc12. The zero-order valence-corrected chi connectivity index (χ0v) is 19.1. The van der Waals surface area contributed by atoms with Crippen LogP contribution in [0.2, 0.25) is 0 Å². The van der Waals surface area contributed by atoms with Crippen molar-refractivity contribution in [2.75, 3.05) is 18.5 Å². The standard InChI is InChI=1S/C24H20FN3O5S/c1-3-32-24(31)21-15-13-34-22(26-19(29)12-33-18-11-7-4-8-14(18)2)20(15)23(30)28(27-21)17-10-6-5-9-16(17)25/h4-11,13H,3,12H2,1-2H3,(H,26,29). The minimum atomic E-state index is -0.767. The first kappa shape index (κ1) is 23.1. The molecule has 0 atom stereocenters. The van der Waals surface area contributed by atoms with Gasteiger partial charge >= 0.3 is 5.97 Å². The molecule has 0 saturated heterocycles. The summed E-state index contributed by atoms with van der Waals surface area (Å²) in [6.45, 7) is 3.29. The van der Waals surface area contributed by atoms with Gasteiger partial charge in [-0.25, -0.2) is 9.18 Å². The lowest BCUT2D eigenvalue weighted by Gasteiger charge is -2.11. The minimum Gasteiger partial charge on any atom is -0.483 e. The Bertz CT molecular complexity index is 1450. The maximum atomic E-state index is 14.5. The molecular formula is C24H20FN3O5S. The number of para-hydroxylation sites is 2. The number of hydrogen-bond acceptors (Lipinski definition) is 7. The van der Waals surface area contributed by atoms with Crippen molar-refractivity contribution in [1.82, 2.24) is 9.78 Å². The number of carbonyl (C=O) groups excluding carboxylic acids is 2. The molecule has 1 amide bonds. The highest BCUT2D eigenvalue weighted by atomic mass is 32.1. The van der Waals surface area contributed by atoms with Gasteiger partial charge in [-0.1, -0.05) is 30.3 Å². The third kappa shape index (κ3) is 4.53. The summed E-state index contributed by atoms with van der Waals surface area (Å²) in [5.74, 6) is -1.41. The number of ether oxygens (including phenoxy) is 2. The summed E-state index contributed by atoms with van der Waals surface area (Å²) in [6, 6.07) is 12.8. The molecule has 8 nitrogen and oxygen atoms in total. The van der Waals surface area contributed by atoms with E-state index in [4.69, 9.17) is 9.47 Å². The Balaban J connectivity index is 1.74. The fourth-order valence-electron chi connectivity index (χ4n) is 3.30. The number of aryl methyl sites for hydroxylation is 1. The van der Waals surface area contributed by atoms with E-state index in [0.29, 0.717) is 5.75 Å². The fourth-order valence-corrected chi connectivity index (χ4v) is 4.26. The van der Waals surface area contributed by atoms with Gasteiger partial charge < -0.3 is 14.8 Å². The topological polar surface area (TPSA) is 99.5 Å². The number of aromatic nitrogens is 2. The van der Waals surface area contributed by atoms with E-state index in [-0.39, 0.29) is 40.4 Å². The lowest BCUT2D eigenvalue weighted by molar-refractivity contribution is -0.118. The summed E-state index contributed by atoms with van der Waals surface area (Å²) in [4.78, 5) is 38.4. The van der Waals surface area contributed by atoms with Gasteiger partial charge in [-0.05, 0) is 37.6 Å². The molecule has 4 aromatic rings. The maximum Gasteiger partial charge on any atom is 0.359 e. The number of rotatable bonds is 7. The van der Waals surface area contributed by atoms with E-state index in [0.717, 1.165) is 21.6 Å². The van der Waals surface area contributed by atoms with Crippen LogP contribution < -0.4 is 15.6 Å². The van der Waals surface area contributed by atoms with E-state index in [2.05, 4.69) is 10.4 Å². The highest BCUT2D eigenvalue weighted by Gasteiger charge is 2.24. The summed E-state index contributed by atoms with van der Waals surface area (Å²) in [7, 11) is 0. The molecule has 0 spiro atoms. The second-order valence-electron chi connectivity index (χ2n) is 7.19. The molecule has 0 unspecified atom stereocenters. The summed E-state index contributed by atoms with van der Waals surface area (Å²) < 4.78 is 25.9. The molecule has 2 aromatic carbocycles. The number of nitrogens with one attached hydrogen (secondary N) is 1. The van der Waals surface area contributed by atoms with Crippen LogP contribution in [0.5, 0.6) is 5.75 Å². The van der Waals surface area contributed by atoms with Crippen LogP contribution in [-0.2, 0) is 9.53 Å². The van der Waals surface area contributed by atoms with Crippen molar-refractivity contribution in [3.63, 3.8) is 0 Å². The van der Waals surface area contributed by atoms with Gasteiger partial charge in [-0.15, -0.1) is 11.3 Å². The number of benzene rings is 2. The van der Waals surface area contributed by atoms with Crippen LogP contribution in [0.25, 0.3) is 16.5 Å². The van der Waals surface area contributed by atoms with E-state index < -0.39 is 23.3 Å². The Kier molecular flexibility index (Phi) is 6.69. The van der Waals surface area contributed by atoms with E-state index >= 15 is 0 Å². The van der Waals surface area contributed by atoms with Crippen LogP contribution in [0.3, 0.4) is 0 Å². The second kappa shape index (κ2) is 9.84. The van der Waals surface area contributed by atoms with Crippen molar-refractivity contribution in [3.05, 3.63) is 81.3 Å². The molecule has 10 heteroatoms. The highest BCUT2D eigenvalue weighted by molar-refractivity contribution is 7.16. The van der Waals surface area contributed by atoms with Crippen molar-refractivity contribution >= 4 is 39.0 Å². The smallest absolute Gasteiger partial charge is 0.359 e. The highest BCUT2D eigenvalue weighted by Crippen LogP contribution is 2.31. The van der Waals surface area contributed by atoms with Crippen molar-refractivity contribution in [2.45, 2.75) is 13.8 Å². The Morgan fingerprint density at radius 3 is 2.62 bits per heavy atom. The first-order chi connectivity index (χ1) is 16.4. The molecule has 0 saturated carbocycles. The van der Waals surface area contributed by atoms with Crippen molar-refractivity contribution in [1.29, 1.82) is 0 Å². The maximum absolute atomic E-state index is 14.5. The average molecular weight is 482 g/mol. The molecule has 2 aromatic heterocycles. The van der Waals surface area contributed by atoms with Gasteiger partial charge in [0.1, 0.15) is 22.3 Å². The van der Waals surface area contributed by atoms with Crippen LogP contribution in [0.4, 0.5) is 9.39 Å². The van der Waals surface area contributed by atoms with Gasteiger partial charge in [0.05, 0.1) is 12.0 Å². The van der Waals surface area contributed by atoms with Crippen LogP contribution in [0.15, 0.2) is 58.7 Å². The molecule has 0 aliphatic rings. The predicted molar refractivity (Wildman–Crippen MR) is 126 cm³/mol. The third-order valence-corrected chi connectivity index (χ3v) is 5.80. The molecule has 0 aliphatic carbocycles. The number of anilines is 1. The number of halogens is 1. The fraction of sp³-hybridized carbons (Fsp3) is 0.167. The summed E-state index contributed by atoms with van der Waals surface area (Å²) in [5.41, 5.74) is -0.113. The van der Waals surface area contributed by atoms with Crippen LogP contribution in [-0.4, -0.2) is 34.9 Å². The van der Waals surface area contributed by atoms with Crippen molar-refractivity contribution < 1.29 is 23.5 Å². The van der Waals surface area contributed by atoms with Crippen molar-refractivity contribution in [3.8, 4) is 11.4 Å². The molecule has 0 bridgehead atoms. The first-order valence-electron chi connectivity index (χ1n) is 10.4. The van der Waals surface area contributed by atoms with Gasteiger partial charge in [-0.3, -0.25) is 9.59 Å². The number of amides is 1. The van der Waals surface area contributed by atoms with Crippen LogP contribution in [0, 0.1) is 12.7 Å². The molecule has 2 heterocycles. The second-order valence-corrected chi connectivity index (χ2v) is 8.07. The molecule has 0 aliphatic heterocycles. The minimum absolute atomic E-state index is 0.0237. The quantitative estimate of drug-likeness (QED) is 0.399.